The summed E-state index contributed by atoms with van der Waals surface area (Å²) in [5, 5.41) is 6.47. The second kappa shape index (κ2) is 10.3. The van der Waals surface area contributed by atoms with E-state index in [1.54, 1.807) is 43.3 Å². The lowest BCUT2D eigenvalue weighted by molar-refractivity contribution is -0.122. The molecule has 32 heavy (non-hydrogen) atoms. The van der Waals surface area contributed by atoms with E-state index in [1.165, 1.54) is 0 Å². The van der Waals surface area contributed by atoms with E-state index in [2.05, 4.69) is 10.6 Å². The third-order valence-electron chi connectivity index (χ3n) is 5.17. The van der Waals surface area contributed by atoms with Gasteiger partial charge in [-0.2, -0.15) is 0 Å². The van der Waals surface area contributed by atoms with Gasteiger partial charge in [0.2, 0.25) is 0 Å². The number of amides is 2. The number of hydrogen-bond donors (Lipinski definition) is 2. The molecule has 0 aliphatic rings. The minimum Gasteiger partial charge on any atom is -0.481 e. The highest BCUT2D eigenvalue weighted by Gasteiger charge is 2.20. The van der Waals surface area contributed by atoms with Crippen molar-refractivity contribution >= 4 is 29.1 Å². The molecular weight excluding hydrogens is 424 g/mol. The molecule has 0 aliphatic carbocycles. The van der Waals surface area contributed by atoms with Crippen LogP contribution < -0.4 is 15.4 Å². The van der Waals surface area contributed by atoms with E-state index in [0.717, 1.165) is 16.7 Å². The molecule has 0 radical (unpaired) electrons. The lowest BCUT2D eigenvalue weighted by Gasteiger charge is -2.19. The van der Waals surface area contributed by atoms with Crippen molar-refractivity contribution in [1.29, 1.82) is 0 Å². The number of benzene rings is 3. The lowest BCUT2D eigenvalue weighted by atomic mass is 10.1. The SMILES string of the molecule is Cc1cc(O[C@H](C)C(=O)Nc2ccccc2C(=O)N[C@H](C)c2ccccc2)cc(C)c1Cl. The Kier molecular flexibility index (Phi) is 7.54. The zero-order valence-electron chi connectivity index (χ0n) is 18.6. The Balaban J connectivity index is 1.70. The van der Waals surface area contributed by atoms with Crippen LogP contribution in [0.3, 0.4) is 0 Å². The molecule has 166 valence electrons. The average Bonchev–Trinajstić information content (AvgIpc) is 2.78. The summed E-state index contributed by atoms with van der Waals surface area (Å²) >= 11 is 6.21. The van der Waals surface area contributed by atoms with Crippen LogP contribution in [0.2, 0.25) is 5.02 Å². The summed E-state index contributed by atoms with van der Waals surface area (Å²) in [6.45, 7) is 7.35. The number of hydrogen-bond acceptors (Lipinski definition) is 3. The Labute approximate surface area is 193 Å². The Bertz CT molecular complexity index is 1090. The minimum atomic E-state index is -0.769. The first-order valence-corrected chi connectivity index (χ1v) is 10.8. The van der Waals surface area contributed by atoms with Gasteiger partial charge in [0, 0.05) is 5.02 Å². The van der Waals surface area contributed by atoms with Crippen LogP contribution in [0.25, 0.3) is 0 Å². The molecular formula is C26H27ClN2O3. The molecule has 2 amide bonds. The van der Waals surface area contributed by atoms with Crippen LogP contribution in [0.15, 0.2) is 66.7 Å². The first-order valence-electron chi connectivity index (χ1n) is 10.5. The van der Waals surface area contributed by atoms with E-state index in [-0.39, 0.29) is 17.9 Å². The van der Waals surface area contributed by atoms with Crippen molar-refractivity contribution in [2.24, 2.45) is 0 Å². The molecule has 0 fully saturated rings. The highest BCUT2D eigenvalue weighted by atomic mass is 35.5. The molecule has 0 aromatic heterocycles. The van der Waals surface area contributed by atoms with Gasteiger partial charge in [-0.15, -0.1) is 0 Å². The van der Waals surface area contributed by atoms with Gasteiger partial charge in [-0.05, 0) is 68.7 Å². The average molecular weight is 451 g/mol. The number of anilines is 1. The summed E-state index contributed by atoms with van der Waals surface area (Å²) < 4.78 is 5.82. The van der Waals surface area contributed by atoms with Crippen LogP contribution in [0.5, 0.6) is 5.75 Å². The van der Waals surface area contributed by atoms with Crippen molar-refractivity contribution in [1.82, 2.24) is 5.32 Å². The number of para-hydroxylation sites is 1. The fourth-order valence-corrected chi connectivity index (χ4v) is 3.46. The van der Waals surface area contributed by atoms with Gasteiger partial charge >= 0.3 is 0 Å². The molecule has 3 aromatic carbocycles. The topological polar surface area (TPSA) is 67.4 Å². The first-order chi connectivity index (χ1) is 15.3. The molecule has 0 unspecified atom stereocenters. The van der Waals surface area contributed by atoms with Gasteiger partial charge in [0.1, 0.15) is 5.75 Å². The maximum Gasteiger partial charge on any atom is 0.265 e. The van der Waals surface area contributed by atoms with E-state index in [9.17, 15) is 9.59 Å². The minimum absolute atomic E-state index is 0.175. The fourth-order valence-electron chi connectivity index (χ4n) is 3.36. The highest BCUT2D eigenvalue weighted by molar-refractivity contribution is 6.32. The predicted molar refractivity (Wildman–Crippen MR) is 128 cm³/mol. The largest absolute Gasteiger partial charge is 0.481 e. The highest BCUT2D eigenvalue weighted by Crippen LogP contribution is 2.27. The number of halogens is 1. The number of aryl methyl sites for hydroxylation is 2. The van der Waals surface area contributed by atoms with Crippen LogP contribution >= 0.6 is 11.6 Å². The summed E-state index contributed by atoms with van der Waals surface area (Å²) in [6, 6.07) is 20.0. The number of carbonyl (C=O) groups is 2. The quantitative estimate of drug-likeness (QED) is 0.474. The van der Waals surface area contributed by atoms with E-state index < -0.39 is 6.10 Å². The molecule has 0 aliphatic heterocycles. The molecule has 0 heterocycles. The third-order valence-corrected chi connectivity index (χ3v) is 5.76. The number of rotatable bonds is 7. The molecule has 5 nitrogen and oxygen atoms in total. The monoisotopic (exact) mass is 450 g/mol. The molecule has 0 spiro atoms. The molecule has 0 saturated carbocycles. The second-order valence-electron chi connectivity index (χ2n) is 7.77. The Morgan fingerprint density at radius 2 is 1.50 bits per heavy atom. The van der Waals surface area contributed by atoms with E-state index in [4.69, 9.17) is 16.3 Å². The van der Waals surface area contributed by atoms with Gasteiger partial charge in [-0.25, -0.2) is 0 Å². The summed E-state index contributed by atoms with van der Waals surface area (Å²) in [5.41, 5.74) is 3.56. The molecule has 0 bridgehead atoms. The van der Waals surface area contributed by atoms with Crippen LogP contribution in [0, 0.1) is 13.8 Å². The Hall–Kier alpha value is -3.31. The predicted octanol–water partition coefficient (Wildman–Crippen LogP) is 5.85. The maximum atomic E-state index is 12.9. The Morgan fingerprint density at radius 1 is 0.906 bits per heavy atom. The van der Waals surface area contributed by atoms with Crippen LogP contribution in [0.1, 0.15) is 46.9 Å². The summed E-state index contributed by atoms with van der Waals surface area (Å²) in [5.74, 6) is -0.0591. The number of nitrogens with one attached hydrogen (secondary N) is 2. The Morgan fingerprint density at radius 3 is 2.16 bits per heavy atom. The molecule has 2 N–H and O–H groups in total. The maximum absolute atomic E-state index is 12.9. The van der Waals surface area contributed by atoms with E-state index in [1.807, 2.05) is 51.1 Å². The van der Waals surface area contributed by atoms with Crippen molar-refractivity contribution in [2.45, 2.75) is 39.8 Å². The van der Waals surface area contributed by atoms with Gasteiger partial charge in [-0.1, -0.05) is 54.1 Å². The normalized spacial score (nSPS) is 12.5. The van der Waals surface area contributed by atoms with Gasteiger partial charge in [0.05, 0.1) is 17.3 Å². The van der Waals surface area contributed by atoms with Crippen LogP contribution in [0.4, 0.5) is 5.69 Å². The van der Waals surface area contributed by atoms with Crippen molar-refractivity contribution in [2.75, 3.05) is 5.32 Å². The van der Waals surface area contributed by atoms with Crippen molar-refractivity contribution in [3.63, 3.8) is 0 Å². The first kappa shape index (κ1) is 23.4. The lowest BCUT2D eigenvalue weighted by Crippen LogP contribution is -2.32. The summed E-state index contributed by atoms with van der Waals surface area (Å²) in [7, 11) is 0. The molecule has 6 heteroatoms. The van der Waals surface area contributed by atoms with Gasteiger partial charge in [0.25, 0.3) is 11.8 Å². The molecule has 0 saturated heterocycles. The summed E-state index contributed by atoms with van der Waals surface area (Å²) in [6.07, 6.45) is -0.769. The standard InChI is InChI=1S/C26H27ClN2O3/c1-16-14-21(15-17(2)24(16)27)32-19(4)25(30)29-23-13-9-8-12-22(23)26(31)28-18(3)20-10-6-5-7-11-20/h5-15,18-19H,1-4H3,(H,28,31)(H,29,30)/t18-,19-/m1/s1. The van der Waals surface area contributed by atoms with Crippen molar-refractivity contribution < 1.29 is 14.3 Å². The van der Waals surface area contributed by atoms with Gasteiger partial charge in [-0.3, -0.25) is 9.59 Å². The van der Waals surface area contributed by atoms with Crippen LogP contribution in [-0.4, -0.2) is 17.9 Å². The van der Waals surface area contributed by atoms with Crippen molar-refractivity contribution in [3.8, 4) is 5.75 Å². The third kappa shape index (κ3) is 5.68. The second-order valence-corrected chi connectivity index (χ2v) is 8.15. The van der Waals surface area contributed by atoms with Crippen LogP contribution in [-0.2, 0) is 4.79 Å². The molecule has 3 rings (SSSR count). The smallest absolute Gasteiger partial charge is 0.265 e. The zero-order valence-corrected chi connectivity index (χ0v) is 19.4. The molecule has 3 aromatic rings. The summed E-state index contributed by atoms with van der Waals surface area (Å²) in [4.78, 5) is 25.7. The zero-order chi connectivity index (χ0) is 23.3. The fraction of sp³-hybridized carbons (Fsp3) is 0.231. The number of ether oxygens (including phenoxy) is 1. The van der Waals surface area contributed by atoms with Gasteiger partial charge < -0.3 is 15.4 Å². The number of carbonyl (C=O) groups excluding carboxylic acids is 2. The van der Waals surface area contributed by atoms with E-state index >= 15 is 0 Å². The van der Waals surface area contributed by atoms with Gasteiger partial charge in [0.15, 0.2) is 6.10 Å². The molecule has 2 atom stereocenters. The van der Waals surface area contributed by atoms with E-state index in [0.29, 0.717) is 22.0 Å². The van der Waals surface area contributed by atoms with Crippen molar-refractivity contribution in [3.05, 3.63) is 94.0 Å².